The van der Waals surface area contributed by atoms with Crippen molar-refractivity contribution >= 4 is 0 Å². The van der Waals surface area contributed by atoms with Crippen molar-refractivity contribution in [2.45, 2.75) is 31.9 Å². The lowest BCUT2D eigenvalue weighted by Gasteiger charge is -2.38. The van der Waals surface area contributed by atoms with Crippen LogP contribution < -0.4 is 0 Å². The van der Waals surface area contributed by atoms with E-state index in [1.165, 1.54) is 0 Å². The Kier molecular flexibility index (Phi) is 3.77. The van der Waals surface area contributed by atoms with Gasteiger partial charge in [0.25, 0.3) is 0 Å². The molecule has 0 amide bonds. The molecule has 1 aromatic heterocycles. The maximum Gasteiger partial charge on any atom is 0.0970 e. The molecule has 1 aliphatic heterocycles. The van der Waals surface area contributed by atoms with Gasteiger partial charge in [0, 0.05) is 12.7 Å². The third-order valence-electron chi connectivity index (χ3n) is 3.04. The third kappa shape index (κ3) is 3.29. The average Bonchev–Trinajstić information content (AvgIpc) is 2.78. The second-order valence-electron chi connectivity index (χ2n) is 4.57. The van der Waals surface area contributed by atoms with E-state index in [1.54, 1.807) is 17.1 Å². The number of nitrogens with zero attached hydrogens (tertiary/aromatic N) is 4. The highest BCUT2D eigenvalue weighted by Gasteiger charge is 2.33. The van der Waals surface area contributed by atoms with E-state index in [1.807, 2.05) is 6.92 Å². The number of rotatable bonds is 3. The first-order valence-electron chi connectivity index (χ1n) is 5.90. The molecule has 1 aromatic rings. The maximum absolute atomic E-state index is 10.5. The van der Waals surface area contributed by atoms with Crippen LogP contribution in [0.3, 0.4) is 0 Å². The predicted molar refractivity (Wildman–Crippen MR) is 64.1 cm³/mol. The Labute approximate surface area is 101 Å². The summed E-state index contributed by atoms with van der Waals surface area (Å²) in [6, 6.07) is 0. The molecule has 92 valence electrons. The summed E-state index contributed by atoms with van der Waals surface area (Å²) in [5.41, 5.74) is -0.707. The van der Waals surface area contributed by atoms with Crippen molar-refractivity contribution in [3.8, 4) is 11.8 Å². The van der Waals surface area contributed by atoms with E-state index in [-0.39, 0.29) is 0 Å². The van der Waals surface area contributed by atoms with Crippen LogP contribution in [0.15, 0.2) is 12.4 Å². The molecule has 2 rings (SSSR count). The van der Waals surface area contributed by atoms with E-state index in [0.29, 0.717) is 13.1 Å². The molecule has 17 heavy (non-hydrogen) atoms. The smallest absolute Gasteiger partial charge is 0.0970 e. The quantitative estimate of drug-likeness (QED) is 0.755. The first-order valence-corrected chi connectivity index (χ1v) is 5.90. The second-order valence-corrected chi connectivity index (χ2v) is 4.57. The Morgan fingerprint density at radius 1 is 1.53 bits per heavy atom. The topological polar surface area (TPSA) is 54.2 Å². The monoisotopic (exact) mass is 234 g/mol. The minimum atomic E-state index is -0.707. The van der Waals surface area contributed by atoms with Gasteiger partial charge in [0.15, 0.2) is 0 Å². The molecule has 5 heteroatoms. The van der Waals surface area contributed by atoms with Crippen LogP contribution in [-0.2, 0) is 6.54 Å². The number of hydrogen-bond acceptors (Lipinski definition) is 4. The molecular formula is C12H18N4O. The molecule has 1 fully saturated rings. The minimum absolute atomic E-state index is 0.503. The van der Waals surface area contributed by atoms with Gasteiger partial charge in [-0.3, -0.25) is 4.90 Å². The van der Waals surface area contributed by atoms with Crippen molar-refractivity contribution in [1.82, 2.24) is 19.9 Å². The summed E-state index contributed by atoms with van der Waals surface area (Å²) in [5, 5.41) is 18.2. The number of likely N-dealkylation sites (tertiary alicyclic amines) is 1. The Morgan fingerprint density at radius 2 is 2.41 bits per heavy atom. The highest BCUT2D eigenvalue weighted by atomic mass is 16.3. The summed E-state index contributed by atoms with van der Waals surface area (Å²) in [6.07, 6.45) is 5.22. The standard InChI is InChI=1S/C12H18N4O/c1-2-3-7-15-8-4-5-12(17,10-15)11-16-9-6-13-14-16/h6,9,17H,4-5,7-8,10-11H2,1H3. The third-order valence-corrected chi connectivity index (χ3v) is 3.04. The zero-order valence-corrected chi connectivity index (χ0v) is 10.1. The van der Waals surface area contributed by atoms with E-state index >= 15 is 0 Å². The fourth-order valence-electron chi connectivity index (χ4n) is 2.28. The van der Waals surface area contributed by atoms with Crippen LogP contribution in [0.25, 0.3) is 0 Å². The number of aliphatic hydroxyl groups is 1. The van der Waals surface area contributed by atoms with Gasteiger partial charge in [-0.05, 0) is 26.3 Å². The summed E-state index contributed by atoms with van der Waals surface area (Å²) >= 11 is 0. The highest BCUT2D eigenvalue weighted by Crippen LogP contribution is 2.22. The fourth-order valence-corrected chi connectivity index (χ4v) is 2.28. The molecule has 0 aliphatic carbocycles. The normalized spacial score (nSPS) is 25.3. The summed E-state index contributed by atoms with van der Waals surface area (Å²) in [7, 11) is 0. The van der Waals surface area contributed by atoms with Crippen LogP contribution >= 0.6 is 0 Å². The molecule has 1 N–H and O–H groups in total. The molecule has 1 unspecified atom stereocenters. The van der Waals surface area contributed by atoms with Gasteiger partial charge in [0.2, 0.25) is 0 Å². The highest BCUT2D eigenvalue weighted by molar-refractivity contribution is 5.00. The molecule has 1 saturated heterocycles. The van der Waals surface area contributed by atoms with Crippen molar-refractivity contribution in [3.05, 3.63) is 12.4 Å². The van der Waals surface area contributed by atoms with Crippen LogP contribution in [0.5, 0.6) is 0 Å². The van der Waals surface area contributed by atoms with Gasteiger partial charge in [-0.15, -0.1) is 11.0 Å². The predicted octanol–water partition coefficient (Wildman–Crippen LogP) is 0.128. The zero-order chi connectivity index (χ0) is 12.1. The Balaban J connectivity index is 1.96. The Hall–Kier alpha value is -1.38. The van der Waals surface area contributed by atoms with Crippen LogP contribution in [0.2, 0.25) is 0 Å². The molecule has 1 atom stereocenters. The van der Waals surface area contributed by atoms with E-state index < -0.39 is 5.60 Å². The molecule has 0 spiro atoms. The van der Waals surface area contributed by atoms with Crippen molar-refractivity contribution in [1.29, 1.82) is 0 Å². The van der Waals surface area contributed by atoms with Gasteiger partial charge in [-0.25, -0.2) is 4.68 Å². The van der Waals surface area contributed by atoms with Crippen LogP contribution in [-0.4, -0.2) is 50.2 Å². The number of β-amino-alcohol motifs (C(OH)–C–C–N with tert-alkyl or cyclic N) is 1. The van der Waals surface area contributed by atoms with Crippen molar-refractivity contribution < 1.29 is 5.11 Å². The van der Waals surface area contributed by atoms with Gasteiger partial charge < -0.3 is 5.11 Å². The molecule has 0 bridgehead atoms. The largest absolute Gasteiger partial charge is 0.387 e. The Morgan fingerprint density at radius 3 is 3.12 bits per heavy atom. The first kappa shape index (κ1) is 12.1. The zero-order valence-electron chi connectivity index (χ0n) is 10.1. The maximum atomic E-state index is 10.5. The number of aromatic nitrogens is 3. The molecule has 0 saturated carbocycles. The number of piperidine rings is 1. The lowest BCUT2D eigenvalue weighted by Crippen LogP contribution is -2.50. The summed E-state index contributed by atoms with van der Waals surface area (Å²) < 4.78 is 1.69. The van der Waals surface area contributed by atoms with Crippen LogP contribution in [0, 0.1) is 11.8 Å². The summed E-state index contributed by atoms with van der Waals surface area (Å²) in [5.74, 6) is 5.93. The van der Waals surface area contributed by atoms with Gasteiger partial charge in [-0.2, -0.15) is 0 Å². The molecule has 0 aromatic carbocycles. The van der Waals surface area contributed by atoms with Crippen molar-refractivity contribution in [2.24, 2.45) is 0 Å². The number of hydrogen-bond donors (Lipinski definition) is 1. The van der Waals surface area contributed by atoms with Gasteiger partial charge in [0.1, 0.15) is 0 Å². The second kappa shape index (κ2) is 5.30. The SMILES string of the molecule is CC#CCN1CCCC(O)(Cn2ccnn2)C1. The molecular weight excluding hydrogens is 216 g/mol. The summed E-state index contributed by atoms with van der Waals surface area (Å²) in [6.45, 7) is 4.74. The minimum Gasteiger partial charge on any atom is -0.387 e. The lowest BCUT2D eigenvalue weighted by molar-refractivity contribution is -0.0420. The van der Waals surface area contributed by atoms with Gasteiger partial charge >= 0.3 is 0 Å². The van der Waals surface area contributed by atoms with Crippen LogP contribution in [0.4, 0.5) is 0 Å². The van der Waals surface area contributed by atoms with E-state index in [4.69, 9.17) is 0 Å². The van der Waals surface area contributed by atoms with E-state index in [0.717, 1.165) is 25.9 Å². The molecule has 5 nitrogen and oxygen atoms in total. The summed E-state index contributed by atoms with van der Waals surface area (Å²) in [4.78, 5) is 2.19. The van der Waals surface area contributed by atoms with E-state index in [9.17, 15) is 5.11 Å². The Bertz CT molecular complexity index is 406. The molecule has 1 aliphatic rings. The van der Waals surface area contributed by atoms with Gasteiger partial charge in [-0.1, -0.05) is 11.1 Å². The van der Waals surface area contributed by atoms with Gasteiger partial charge in [0.05, 0.1) is 24.9 Å². The van der Waals surface area contributed by atoms with Crippen molar-refractivity contribution in [2.75, 3.05) is 19.6 Å². The first-order chi connectivity index (χ1) is 8.22. The molecule has 0 radical (unpaired) electrons. The molecule has 2 heterocycles. The van der Waals surface area contributed by atoms with E-state index in [2.05, 4.69) is 27.1 Å². The lowest BCUT2D eigenvalue weighted by atomic mass is 9.93. The van der Waals surface area contributed by atoms with Crippen molar-refractivity contribution in [3.63, 3.8) is 0 Å². The van der Waals surface area contributed by atoms with Crippen LogP contribution in [0.1, 0.15) is 19.8 Å². The average molecular weight is 234 g/mol. The fraction of sp³-hybridized carbons (Fsp3) is 0.667.